The second kappa shape index (κ2) is 6.52. The minimum absolute atomic E-state index is 0.0346. The molecule has 5 nitrogen and oxygen atoms in total. The normalized spacial score (nSPS) is 11.1. The zero-order valence-corrected chi connectivity index (χ0v) is 13.0. The van der Waals surface area contributed by atoms with E-state index in [2.05, 4.69) is 10.6 Å². The number of amides is 2. The smallest absolute Gasteiger partial charge is 0.319 e. The van der Waals surface area contributed by atoms with Crippen molar-refractivity contribution < 1.29 is 14.7 Å². The zero-order valence-electron chi connectivity index (χ0n) is 10.8. The van der Waals surface area contributed by atoms with E-state index in [-0.39, 0.29) is 27.3 Å². The molecule has 0 saturated carbocycles. The molecule has 2 amide bonds. The van der Waals surface area contributed by atoms with E-state index in [4.69, 9.17) is 39.9 Å². The highest BCUT2D eigenvalue weighted by molar-refractivity contribution is 6.44. The number of carbonyl (C=O) groups excluding carboxylic acids is 1. The standard InChI is InChI=1S/C12H13Cl3N2O3/c1-12(2,10(18)19)5-16-11(20)17-9-4-7(14)6(13)3-8(9)15/h3-4H,5H2,1-2H3,(H,18,19)(H2,16,17,20). The molecule has 0 atom stereocenters. The molecule has 110 valence electrons. The van der Waals surface area contributed by atoms with E-state index >= 15 is 0 Å². The molecule has 0 aliphatic rings. The molecular weight excluding hydrogens is 327 g/mol. The van der Waals surface area contributed by atoms with Gasteiger partial charge >= 0.3 is 12.0 Å². The van der Waals surface area contributed by atoms with Gasteiger partial charge < -0.3 is 15.7 Å². The number of hydrogen-bond acceptors (Lipinski definition) is 2. The van der Waals surface area contributed by atoms with Gasteiger partial charge in [-0.1, -0.05) is 34.8 Å². The topological polar surface area (TPSA) is 78.4 Å². The molecular formula is C12H13Cl3N2O3. The fraction of sp³-hybridized carbons (Fsp3) is 0.333. The molecule has 0 fully saturated rings. The molecule has 1 rings (SSSR count). The summed E-state index contributed by atoms with van der Waals surface area (Å²) in [6.07, 6.45) is 0. The Bertz CT molecular complexity index is 547. The minimum Gasteiger partial charge on any atom is -0.481 e. The van der Waals surface area contributed by atoms with E-state index in [0.29, 0.717) is 0 Å². The summed E-state index contributed by atoms with van der Waals surface area (Å²) in [6, 6.07) is 2.23. The van der Waals surface area contributed by atoms with Crippen LogP contribution in [0.2, 0.25) is 15.1 Å². The molecule has 0 bridgehead atoms. The van der Waals surface area contributed by atoms with Crippen LogP contribution >= 0.6 is 34.8 Å². The summed E-state index contributed by atoms with van der Waals surface area (Å²) in [5.74, 6) is -1.01. The Morgan fingerprint density at radius 1 is 1.15 bits per heavy atom. The summed E-state index contributed by atoms with van der Waals surface area (Å²) in [5, 5.41) is 14.6. The number of carboxylic acids is 1. The summed E-state index contributed by atoms with van der Waals surface area (Å²) < 4.78 is 0. The summed E-state index contributed by atoms with van der Waals surface area (Å²) in [6.45, 7) is 2.97. The lowest BCUT2D eigenvalue weighted by atomic mass is 9.94. The van der Waals surface area contributed by atoms with Crippen LogP contribution in [0.25, 0.3) is 0 Å². The molecule has 0 saturated heterocycles. The molecule has 0 radical (unpaired) electrons. The first-order valence-electron chi connectivity index (χ1n) is 5.56. The van der Waals surface area contributed by atoms with Gasteiger partial charge in [0.1, 0.15) is 0 Å². The average molecular weight is 340 g/mol. The van der Waals surface area contributed by atoms with Crippen LogP contribution in [-0.2, 0) is 4.79 Å². The second-order valence-electron chi connectivity index (χ2n) is 4.74. The SMILES string of the molecule is CC(C)(CNC(=O)Nc1cc(Cl)c(Cl)cc1Cl)C(=O)O. The Kier molecular flexibility index (Phi) is 5.50. The first-order chi connectivity index (χ1) is 9.13. The minimum atomic E-state index is -1.07. The number of rotatable bonds is 4. The van der Waals surface area contributed by atoms with Gasteiger partial charge in [0.15, 0.2) is 0 Å². The van der Waals surface area contributed by atoms with Gasteiger partial charge in [-0.2, -0.15) is 0 Å². The third kappa shape index (κ3) is 4.44. The summed E-state index contributed by atoms with van der Waals surface area (Å²) in [5.41, 5.74) is -0.787. The lowest BCUT2D eigenvalue weighted by Crippen LogP contribution is -2.40. The molecule has 8 heteroatoms. The van der Waals surface area contributed by atoms with Crippen molar-refractivity contribution >= 4 is 52.5 Å². The molecule has 0 unspecified atom stereocenters. The number of urea groups is 1. The number of aliphatic carboxylic acids is 1. The summed E-state index contributed by atoms with van der Waals surface area (Å²) in [4.78, 5) is 22.6. The molecule has 1 aromatic rings. The monoisotopic (exact) mass is 338 g/mol. The second-order valence-corrected chi connectivity index (χ2v) is 5.96. The molecule has 0 heterocycles. The quantitative estimate of drug-likeness (QED) is 0.728. The van der Waals surface area contributed by atoms with Crippen LogP contribution in [-0.4, -0.2) is 23.7 Å². The van der Waals surface area contributed by atoms with Gasteiger partial charge in [0.2, 0.25) is 0 Å². The molecule has 1 aromatic carbocycles. The molecule has 0 aliphatic carbocycles. The maximum atomic E-state index is 11.7. The van der Waals surface area contributed by atoms with Gasteiger partial charge in [-0.25, -0.2) is 4.79 Å². The number of carbonyl (C=O) groups is 2. The van der Waals surface area contributed by atoms with Crippen molar-refractivity contribution in [3.8, 4) is 0 Å². The lowest BCUT2D eigenvalue weighted by Gasteiger charge is -2.19. The fourth-order valence-electron chi connectivity index (χ4n) is 1.16. The van der Waals surface area contributed by atoms with E-state index in [1.165, 1.54) is 26.0 Å². The van der Waals surface area contributed by atoms with Crippen molar-refractivity contribution in [3.05, 3.63) is 27.2 Å². The van der Waals surface area contributed by atoms with E-state index in [1.807, 2.05) is 0 Å². The van der Waals surface area contributed by atoms with Gasteiger partial charge in [-0.3, -0.25) is 4.79 Å². The van der Waals surface area contributed by atoms with Crippen LogP contribution in [0.5, 0.6) is 0 Å². The van der Waals surface area contributed by atoms with Gasteiger partial charge in [0.05, 0.1) is 26.2 Å². The van der Waals surface area contributed by atoms with Crippen molar-refractivity contribution in [1.82, 2.24) is 5.32 Å². The first-order valence-corrected chi connectivity index (χ1v) is 6.69. The van der Waals surface area contributed by atoms with Gasteiger partial charge in [0.25, 0.3) is 0 Å². The zero-order chi connectivity index (χ0) is 15.5. The summed E-state index contributed by atoms with van der Waals surface area (Å²) in [7, 11) is 0. The van der Waals surface area contributed by atoms with Gasteiger partial charge in [-0.05, 0) is 26.0 Å². The van der Waals surface area contributed by atoms with Crippen LogP contribution in [0.1, 0.15) is 13.8 Å². The number of halogens is 3. The first kappa shape index (κ1) is 16.9. The van der Waals surface area contributed by atoms with Crippen LogP contribution < -0.4 is 10.6 Å². The Hall–Kier alpha value is -1.17. The van der Waals surface area contributed by atoms with Crippen molar-refractivity contribution in [2.45, 2.75) is 13.8 Å². The van der Waals surface area contributed by atoms with Crippen molar-refractivity contribution in [2.75, 3.05) is 11.9 Å². The Morgan fingerprint density at radius 2 is 1.70 bits per heavy atom. The summed E-state index contributed by atoms with van der Waals surface area (Å²) >= 11 is 17.5. The van der Waals surface area contributed by atoms with Crippen LogP contribution in [0.4, 0.5) is 10.5 Å². The van der Waals surface area contributed by atoms with E-state index < -0.39 is 17.4 Å². The Balaban J connectivity index is 2.68. The van der Waals surface area contributed by atoms with Crippen molar-refractivity contribution in [2.24, 2.45) is 5.41 Å². The van der Waals surface area contributed by atoms with Gasteiger partial charge in [0, 0.05) is 6.54 Å². The maximum absolute atomic E-state index is 11.7. The van der Waals surface area contributed by atoms with Crippen LogP contribution in [0.15, 0.2) is 12.1 Å². The van der Waals surface area contributed by atoms with E-state index in [0.717, 1.165) is 0 Å². The Labute approximate surface area is 131 Å². The van der Waals surface area contributed by atoms with Gasteiger partial charge in [-0.15, -0.1) is 0 Å². The molecule has 0 aromatic heterocycles. The maximum Gasteiger partial charge on any atom is 0.319 e. The fourth-order valence-corrected chi connectivity index (χ4v) is 1.76. The van der Waals surface area contributed by atoms with Crippen LogP contribution in [0.3, 0.4) is 0 Å². The van der Waals surface area contributed by atoms with Crippen LogP contribution in [0, 0.1) is 5.41 Å². The predicted molar refractivity (Wildman–Crippen MR) is 79.9 cm³/mol. The molecule has 0 aliphatic heterocycles. The van der Waals surface area contributed by atoms with Crippen molar-refractivity contribution in [1.29, 1.82) is 0 Å². The highest BCUT2D eigenvalue weighted by Crippen LogP contribution is 2.32. The molecule has 20 heavy (non-hydrogen) atoms. The third-order valence-corrected chi connectivity index (χ3v) is 3.56. The van der Waals surface area contributed by atoms with E-state index in [9.17, 15) is 9.59 Å². The molecule has 3 N–H and O–H groups in total. The number of nitrogens with one attached hydrogen (secondary N) is 2. The highest BCUT2D eigenvalue weighted by Gasteiger charge is 2.27. The molecule has 0 spiro atoms. The number of hydrogen-bond donors (Lipinski definition) is 3. The number of carboxylic acid groups (broad SMARTS) is 1. The third-order valence-electron chi connectivity index (χ3n) is 2.53. The predicted octanol–water partition coefficient (Wildman–Crippen LogP) is 3.88. The average Bonchev–Trinajstić information content (AvgIpc) is 2.33. The van der Waals surface area contributed by atoms with Crippen molar-refractivity contribution in [3.63, 3.8) is 0 Å². The number of anilines is 1. The lowest BCUT2D eigenvalue weighted by molar-refractivity contribution is -0.146. The Morgan fingerprint density at radius 3 is 2.25 bits per heavy atom. The largest absolute Gasteiger partial charge is 0.481 e. The highest BCUT2D eigenvalue weighted by atomic mass is 35.5. The van der Waals surface area contributed by atoms with E-state index in [1.54, 1.807) is 0 Å². The number of benzene rings is 1.